The predicted molar refractivity (Wildman–Crippen MR) is 100 cm³/mol. The van der Waals surface area contributed by atoms with Crippen LogP contribution in [-0.4, -0.2) is 75.1 Å². The van der Waals surface area contributed by atoms with Crippen LogP contribution in [-0.2, 0) is 9.47 Å². The summed E-state index contributed by atoms with van der Waals surface area (Å²) in [6, 6.07) is 0. The topological polar surface area (TPSA) is 120 Å². The van der Waals surface area contributed by atoms with Gasteiger partial charge in [-0.2, -0.15) is 0 Å². The first-order valence-corrected chi connectivity index (χ1v) is 10.7. The Kier molecular flexibility index (Phi) is 5.15. The van der Waals surface area contributed by atoms with Gasteiger partial charge >= 0.3 is 0 Å². The molecule has 5 rings (SSSR count). The minimum absolute atomic E-state index is 0.0837. The number of ether oxygens (including phenoxy) is 2. The molecule has 5 aliphatic rings. The van der Waals surface area contributed by atoms with E-state index in [1.807, 2.05) is 0 Å². The Morgan fingerprint density at radius 1 is 1.00 bits per heavy atom. The average molecular weight is 401 g/mol. The molecular formula is C21H36O7. The van der Waals surface area contributed by atoms with Crippen molar-refractivity contribution >= 4 is 0 Å². The van der Waals surface area contributed by atoms with E-state index in [1.165, 1.54) is 0 Å². The summed E-state index contributed by atoms with van der Waals surface area (Å²) in [6.45, 7) is 6.58. The van der Waals surface area contributed by atoms with E-state index in [2.05, 4.69) is 20.8 Å². The van der Waals surface area contributed by atoms with Crippen molar-refractivity contribution in [1.82, 2.24) is 0 Å². The smallest absolute Gasteiger partial charge is 0.186 e. The first kappa shape index (κ1) is 21.0. The summed E-state index contributed by atoms with van der Waals surface area (Å²) in [5.41, 5.74) is -0.891. The summed E-state index contributed by atoms with van der Waals surface area (Å²) < 4.78 is 11.4. The SMILES string of the molecule is CC1(C)C2CCC3(C)C(C2)C(COC2OC(CO)C(O)C(O)C2O)CCC13O. The molecular weight excluding hydrogens is 364 g/mol. The summed E-state index contributed by atoms with van der Waals surface area (Å²) in [5, 5.41) is 51.1. The summed E-state index contributed by atoms with van der Waals surface area (Å²) in [5.74, 6) is 1.10. The van der Waals surface area contributed by atoms with Gasteiger partial charge in [-0.1, -0.05) is 20.8 Å². The highest BCUT2D eigenvalue weighted by Crippen LogP contribution is 2.71. The van der Waals surface area contributed by atoms with Gasteiger partial charge in [0.2, 0.25) is 0 Å². The van der Waals surface area contributed by atoms with Gasteiger partial charge in [0.25, 0.3) is 0 Å². The second-order valence-corrected chi connectivity index (χ2v) is 10.4. The average Bonchev–Trinajstić information content (AvgIpc) is 2.66. The van der Waals surface area contributed by atoms with Crippen molar-refractivity contribution in [3.8, 4) is 0 Å². The Bertz CT molecular complexity index is 595. The van der Waals surface area contributed by atoms with E-state index >= 15 is 0 Å². The number of fused-ring (bicyclic) bond motifs is 1. The Morgan fingerprint density at radius 3 is 2.39 bits per heavy atom. The molecule has 0 aromatic rings. The molecule has 0 amide bonds. The van der Waals surface area contributed by atoms with E-state index in [9.17, 15) is 25.5 Å². The lowest BCUT2D eigenvalue weighted by Gasteiger charge is -2.71. The van der Waals surface area contributed by atoms with Crippen molar-refractivity contribution in [1.29, 1.82) is 0 Å². The largest absolute Gasteiger partial charge is 0.394 e. The molecule has 1 saturated heterocycles. The molecule has 0 radical (unpaired) electrons. The van der Waals surface area contributed by atoms with Gasteiger partial charge in [-0.05, 0) is 55.3 Å². The van der Waals surface area contributed by atoms with Crippen LogP contribution in [0.5, 0.6) is 0 Å². The Morgan fingerprint density at radius 2 is 1.71 bits per heavy atom. The zero-order chi connectivity index (χ0) is 20.5. The van der Waals surface area contributed by atoms with Crippen LogP contribution in [0.2, 0.25) is 0 Å². The van der Waals surface area contributed by atoms with Gasteiger partial charge in [0.05, 0.1) is 18.8 Å². The summed E-state index contributed by atoms with van der Waals surface area (Å²) in [7, 11) is 0. The molecule has 10 unspecified atom stereocenters. The monoisotopic (exact) mass is 400 g/mol. The van der Waals surface area contributed by atoms with Gasteiger partial charge in [-0.25, -0.2) is 0 Å². The molecule has 7 nitrogen and oxygen atoms in total. The highest BCUT2D eigenvalue weighted by molar-refractivity contribution is 5.19. The first-order chi connectivity index (χ1) is 13.1. The molecule has 10 atom stereocenters. The lowest BCUT2D eigenvalue weighted by Crippen LogP contribution is -2.72. The molecule has 0 spiro atoms. The minimum atomic E-state index is -1.42. The lowest BCUT2D eigenvalue weighted by molar-refractivity contribution is -0.318. The van der Waals surface area contributed by atoms with E-state index in [1.54, 1.807) is 0 Å². The quantitative estimate of drug-likeness (QED) is 0.464. The van der Waals surface area contributed by atoms with Crippen molar-refractivity contribution in [2.24, 2.45) is 28.6 Å². The standard InChI is InChI=1S/C21H36O7/c1-19(2)12-5-6-20(3)13(8-12)11(4-7-21(19,20)26)10-27-18-17(25)16(24)15(23)14(9-22)28-18/h11-18,22-26H,4-10H2,1-3H3. The number of rotatable bonds is 4. The normalized spacial score (nSPS) is 55.3. The second-order valence-electron chi connectivity index (χ2n) is 10.4. The van der Waals surface area contributed by atoms with Gasteiger partial charge in [0, 0.05) is 5.41 Å². The third kappa shape index (κ3) is 2.67. The molecule has 0 aromatic heterocycles. The summed E-state index contributed by atoms with van der Waals surface area (Å²) in [4.78, 5) is 0. The number of aliphatic hydroxyl groups is 5. The lowest BCUT2D eigenvalue weighted by atomic mass is 9.35. The van der Waals surface area contributed by atoms with Crippen LogP contribution in [0, 0.1) is 28.6 Å². The van der Waals surface area contributed by atoms with Crippen LogP contribution in [0.1, 0.15) is 52.9 Å². The molecule has 4 aliphatic carbocycles. The van der Waals surface area contributed by atoms with Crippen LogP contribution >= 0.6 is 0 Å². The van der Waals surface area contributed by atoms with Crippen LogP contribution in [0.15, 0.2) is 0 Å². The van der Waals surface area contributed by atoms with Crippen molar-refractivity contribution in [2.45, 2.75) is 89.2 Å². The Labute approximate surface area is 166 Å². The van der Waals surface area contributed by atoms with Gasteiger partial charge < -0.3 is 35.0 Å². The van der Waals surface area contributed by atoms with Crippen molar-refractivity contribution in [3.63, 3.8) is 0 Å². The molecule has 162 valence electrons. The molecule has 7 heteroatoms. The third-order valence-corrected chi connectivity index (χ3v) is 9.17. The highest BCUT2D eigenvalue weighted by atomic mass is 16.7. The Hall–Kier alpha value is -0.280. The van der Waals surface area contributed by atoms with Gasteiger partial charge in [0.15, 0.2) is 6.29 Å². The van der Waals surface area contributed by atoms with E-state index in [0.717, 1.165) is 32.1 Å². The summed E-state index contributed by atoms with van der Waals surface area (Å²) >= 11 is 0. The van der Waals surface area contributed by atoms with Crippen molar-refractivity contribution < 1.29 is 35.0 Å². The van der Waals surface area contributed by atoms with Crippen LogP contribution in [0.3, 0.4) is 0 Å². The fourth-order valence-corrected chi connectivity index (χ4v) is 7.13. The van der Waals surface area contributed by atoms with E-state index in [4.69, 9.17) is 9.47 Å². The predicted octanol–water partition coefficient (Wildman–Crippen LogP) is 0.406. The van der Waals surface area contributed by atoms with E-state index in [0.29, 0.717) is 18.4 Å². The molecule has 28 heavy (non-hydrogen) atoms. The van der Waals surface area contributed by atoms with E-state index < -0.39 is 42.9 Å². The maximum atomic E-state index is 11.7. The van der Waals surface area contributed by atoms with Gasteiger partial charge in [-0.3, -0.25) is 0 Å². The van der Waals surface area contributed by atoms with Gasteiger partial charge in [-0.15, -0.1) is 0 Å². The molecule has 0 aromatic carbocycles. The number of hydrogen-bond acceptors (Lipinski definition) is 7. The van der Waals surface area contributed by atoms with Gasteiger partial charge in [0.1, 0.15) is 24.4 Å². The Balaban J connectivity index is 1.46. The van der Waals surface area contributed by atoms with Crippen LogP contribution in [0.4, 0.5) is 0 Å². The fourth-order valence-electron chi connectivity index (χ4n) is 7.13. The molecule has 4 bridgehead atoms. The van der Waals surface area contributed by atoms with Crippen molar-refractivity contribution in [2.75, 3.05) is 13.2 Å². The second kappa shape index (κ2) is 6.87. The van der Waals surface area contributed by atoms with Crippen LogP contribution in [0.25, 0.3) is 0 Å². The maximum absolute atomic E-state index is 11.7. The molecule has 5 N–H and O–H groups in total. The number of aliphatic hydroxyl groups excluding tert-OH is 4. The maximum Gasteiger partial charge on any atom is 0.186 e. The molecule has 4 saturated carbocycles. The van der Waals surface area contributed by atoms with E-state index in [-0.39, 0.29) is 16.7 Å². The zero-order valence-electron chi connectivity index (χ0n) is 17.1. The zero-order valence-corrected chi connectivity index (χ0v) is 17.1. The third-order valence-electron chi connectivity index (χ3n) is 9.17. The fraction of sp³-hybridized carbons (Fsp3) is 1.00. The summed E-state index contributed by atoms with van der Waals surface area (Å²) in [6.07, 6.45) is -1.34. The van der Waals surface area contributed by atoms with Crippen LogP contribution < -0.4 is 0 Å². The minimum Gasteiger partial charge on any atom is -0.394 e. The highest BCUT2D eigenvalue weighted by Gasteiger charge is 2.70. The van der Waals surface area contributed by atoms with Crippen molar-refractivity contribution in [3.05, 3.63) is 0 Å². The number of hydrogen-bond donors (Lipinski definition) is 5. The first-order valence-electron chi connectivity index (χ1n) is 10.7. The molecule has 1 aliphatic heterocycles. The molecule has 1 heterocycles. The molecule has 5 fully saturated rings.